The van der Waals surface area contributed by atoms with Gasteiger partial charge in [0.25, 0.3) is 0 Å². The van der Waals surface area contributed by atoms with Crippen molar-refractivity contribution in [3.05, 3.63) is 70.6 Å². The zero-order chi connectivity index (χ0) is 19.5. The minimum absolute atomic E-state index is 0.0410. The number of imidazole rings is 1. The second-order valence-corrected chi connectivity index (χ2v) is 7.62. The number of aromatic nitrogens is 2. The average Bonchev–Trinajstić information content (AvgIpc) is 3.00. The lowest BCUT2D eigenvalue weighted by atomic mass is 9.90. The van der Waals surface area contributed by atoms with Crippen molar-refractivity contribution < 1.29 is 4.79 Å². The number of piperidine rings is 1. The maximum Gasteiger partial charge on any atom is 0.329 e. The number of carbonyl (C=O) groups is 1. The first-order valence-electron chi connectivity index (χ1n) is 10.2. The van der Waals surface area contributed by atoms with Crippen LogP contribution >= 0.6 is 0 Å². The normalized spacial score (nSPS) is 15.2. The first-order valence-corrected chi connectivity index (χ1v) is 10.2. The summed E-state index contributed by atoms with van der Waals surface area (Å²) < 4.78 is 3.35. The van der Waals surface area contributed by atoms with Gasteiger partial charge in [-0.2, -0.15) is 0 Å². The number of benzene rings is 2. The fourth-order valence-electron chi connectivity index (χ4n) is 4.30. The molecule has 1 aromatic heterocycles. The number of hydrogen-bond donors (Lipinski definition) is 0. The lowest BCUT2D eigenvalue weighted by Crippen LogP contribution is -2.42. The number of rotatable bonds is 5. The molecule has 5 heteroatoms. The van der Waals surface area contributed by atoms with Crippen molar-refractivity contribution in [3.8, 4) is 0 Å². The number of amides is 1. The fourth-order valence-corrected chi connectivity index (χ4v) is 4.30. The number of aryl methyl sites for hydroxylation is 1. The molecule has 0 atom stereocenters. The van der Waals surface area contributed by atoms with Gasteiger partial charge in [0.1, 0.15) is 6.54 Å². The van der Waals surface area contributed by atoms with E-state index >= 15 is 0 Å². The van der Waals surface area contributed by atoms with Crippen LogP contribution in [0.2, 0.25) is 0 Å². The van der Waals surface area contributed by atoms with Crippen molar-refractivity contribution in [1.29, 1.82) is 0 Å². The molecule has 1 saturated heterocycles. The SMILES string of the molecule is CCn1c(=O)n(CC(=O)N2CCC(Cc3ccccc3)CC2)c2ccccc21. The molecule has 3 aromatic rings. The van der Waals surface area contributed by atoms with Crippen LogP contribution < -0.4 is 5.69 Å². The van der Waals surface area contributed by atoms with Gasteiger partial charge in [0, 0.05) is 19.6 Å². The minimum Gasteiger partial charge on any atom is -0.341 e. The Morgan fingerprint density at radius 3 is 2.18 bits per heavy atom. The van der Waals surface area contributed by atoms with Crippen LogP contribution in [0.1, 0.15) is 25.3 Å². The van der Waals surface area contributed by atoms with E-state index in [0.29, 0.717) is 12.5 Å². The lowest BCUT2D eigenvalue weighted by Gasteiger charge is -2.32. The largest absolute Gasteiger partial charge is 0.341 e. The summed E-state index contributed by atoms with van der Waals surface area (Å²) in [5.74, 6) is 0.662. The second-order valence-electron chi connectivity index (χ2n) is 7.62. The van der Waals surface area contributed by atoms with E-state index < -0.39 is 0 Å². The maximum atomic E-state index is 12.9. The van der Waals surface area contributed by atoms with Crippen molar-refractivity contribution in [2.75, 3.05) is 13.1 Å². The van der Waals surface area contributed by atoms with Crippen molar-refractivity contribution in [2.24, 2.45) is 5.92 Å². The van der Waals surface area contributed by atoms with E-state index in [0.717, 1.165) is 43.4 Å². The van der Waals surface area contributed by atoms with Gasteiger partial charge < -0.3 is 4.90 Å². The van der Waals surface area contributed by atoms with Crippen molar-refractivity contribution in [1.82, 2.24) is 14.0 Å². The van der Waals surface area contributed by atoms with E-state index in [4.69, 9.17) is 0 Å². The second kappa shape index (κ2) is 8.05. The Hall–Kier alpha value is -2.82. The van der Waals surface area contributed by atoms with E-state index in [1.54, 1.807) is 9.13 Å². The van der Waals surface area contributed by atoms with Gasteiger partial charge in [-0.3, -0.25) is 13.9 Å². The maximum absolute atomic E-state index is 12.9. The summed E-state index contributed by atoms with van der Waals surface area (Å²) in [5, 5.41) is 0. The molecule has 0 bridgehead atoms. The Bertz CT molecular complexity index is 1010. The van der Waals surface area contributed by atoms with Crippen LogP contribution in [-0.2, 0) is 24.3 Å². The molecule has 1 amide bonds. The summed E-state index contributed by atoms with van der Waals surface area (Å²) in [6, 6.07) is 18.3. The molecule has 146 valence electrons. The van der Waals surface area contributed by atoms with Gasteiger partial charge in [0.05, 0.1) is 11.0 Å². The Kier molecular flexibility index (Phi) is 5.33. The third kappa shape index (κ3) is 3.61. The van der Waals surface area contributed by atoms with E-state index in [9.17, 15) is 9.59 Å². The van der Waals surface area contributed by atoms with Gasteiger partial charge in [-0.15, -0.1) is 0 Å². The monoisotopic (exact) mass is 377 g/mol. The first kappa shape index (κ1) is 18.5. The molecular weight excluding hydrogens is 350 g/mol. The average molecular weight is 377 g/mol. The summed E-state index contributed by atoms with van der Waals surface area (Å²) >= 11 is 0. The molecule has 0 aliphatic carbocycles. The summed E-state index contributed by atoms with van der Waals surface area (Å²) in [6.45, 7) is 4.23. The topological polar surface area (TPSA) is 47.2 Å². The lowest BCUT2D eigenvalue weighted by molar-refractivity contribution is -0.133. The molecule has 0 saturated carbocycles. The third-order valence-corrected chi connectivity index (χ3v) is 5.87. The van der Waals surface area contributed by atoms with E-state index in [1.807, 2.05) is 42.2 Å². The van der Waals surface area contributed by atoms with Crippen LogP contribution in [0.5, 0.6) is 0 Å². The first-order chi connectivity index (χ1) is 13.7. The molecule has 0 radical (unpaired) electrons. The molecule has 0 unspecified atom stereocenters. The number of nitrogens with zero attached hydrogens (tertiary/aromatic N) is 3. The van der Waals surface area contributed by atoms with Crippen LogP contribution in [0, 0.1) is 5.92 Å². The summed E-state index contributed by atoms with van der Waals surface area (Å²) in [7, 11) is 0. The quantitative estimate of drug-likeness (QED) is 0.685. The van der Waals surface area contributed by atoms with Crippen molar-refractivity contribution in [2.45, 2.75) is 39.3 Å². The Balaban J connectivity index is 1.42. The van der Waals surface area contributed by atoms with Gasteiger partial charge in [-0.1, -0.05) is 42.5 Å². The van der Waals surface area contributed by atoms with Crippen LogP contribution in [-0.4, -0.2) is 33.0 Å². The summed E-state index contributed by atoms with van der Waals surface area (Å²) in [6.07, 6.45) is 3.12. The Labute approximate surface area is 165 Å². The summed E-state index contributed by atoms with van der Waals surface area (Å²) in [4.78, 5) is 27.6. The number of fused-ring (bicyclic) bond motifs is 1. The molecule has 5 nitrogen and oxygen atoms in total. The standard InChI is InChI=1S/C23H27N3O2/c1-2-25-20-10-6-7-11-21(20)26(23(25)28)17-22(27)24-14-12-19(13-15-24)16-18-8-4-3-5-9-18/h3-11,19H,2,12-17H2,1H3. The molecular formula is C23H27N3O2. The van der Waals surface area contributed by atoms with Crippen LogP contribution in [0.15, 0.2) is 59.4 Å². The third-order valence-electron chi connectivity index (χ3n) is 5.87. The van der Waals surface area contributed by atoms with Gasteiger partial charge in [-0.25, -0.2) is 4.79 Å². The highest BCUT2D eigenvalue weighted by atomic mass is 16.2. The smallest absolute Gasteiger partial charge is 0.329 e. The van der Waals surface area contributed by atoms with Gasteiger partial charge in [0.15, 0.2) is 0 Å². The zero-order valence-corrected chi connectivity index (χ0v) is 16.4. The number of hydrogen-bond acceptors (Lipinski definition) is 2. The van der Waals surface area contributed by atoms with Crippen LogP contribution in [0.25, 0.3) is 11.0 Å². The van der Waals surface area contributed by atoms with E-state index in [2.05, 4.69) is 24.3 Å². The van der Waals surface area contributed by atoms with Crippen LogP contribution in [0.4, 0.5) is 0 Å². The molecule has 0 N–H and O–H groups in total. The van der Waals surface area contributed by atoms with Crippen molar-refractivity contribution >= 4 is 16.9 Å². The molecule has 1 aliphatic rings. The Morgan fingerprint density at radius 2 is 1.54 bits per heavy atom. The molecule has 2 heterocycles. The van der Waals surface area contributed by atoms with E-state index in [-0.39, 0.29) is 18.1 Å². The van der Waals surface area contributed by atoms with E-state index in [1.165, 1.54) is 5.56 Å². The van der Waals surface area contributed by atoms with Crippen molar-refractivity contribution in [3.63, 3.8) is 0 Å². The predicted molar refractivity (Wildman–Crippen MR) is 111 cm³/mol. The molecule has 2 aromatic carbocycles. The molecule has 4 rings (SSSR count). The van der Waals surface area contributed by atoms with Gasteiger partial charge in [0.2, 0.25) is 5.91 Å². The molecule has 28 heavy (non-hydrogen) atoms. The van der Waals surface area contributed by atoms with Gasteiger partial charge in [-0.05, 0) is 49.8 Å². The molecule has 1 aliphatic heterocycles. The fraction of sp³-hybridized carbons (Fsp3) is 0.391. The highest BCUT2D eigenvalue weighted by molar-refractivity contribution is 5.81. The Morgan fingerprint density at radius 1 is 0.929 bits per heavy atom. The van der Waals surface area contributed by atoms with Gasteiger partial charge >= 0.3 is 5.69 Å². The number of likely N-dealkylation sites (tertiary alicyclic amines) is 1. The highest BCUT2D eigenvalue weighted by Gasteiger charge is 2.24. The minimum atomic E-state index is -0.101. The number of para-hydroxylation sites is 2. The predicted octanol–water partition coefficient (Wildman–Crippen LogP) is 3.30. The molecule has 1 fully saturated rings. The summed E-state index contributed by atoms with van der Waals surface area (Å²) in [5.41, 5.74) is 2.99. The zero-order valence-electron chi connectivity index (χ0n) is 16.4. The molecule has 0 spiro atoms. The van der Waals surface area contributed by atoms with Crippen LogP contribution in [0.3, 0.4) is 0 Å². The number of carbonyl (C=O) groups excluding carboxylic acids is 1. The highest BCUT2D eigenvalue weighted by Crippen LogP contribution is 2.22.